The molecule has 1 aromatic heterocycles. The number of hydrogen-bond acceptors (Lipinski definition) is 9. The number of nitrogens with zero attached hydrogens (tertiary/aromatic N) is 3. The molecule has 30 heavy (non-hydrogen) atoms. The van der Waals surface area contributed by atoms with Crippen LogP contribution in [0.2, 0.25) is 0 Å². The first-order valence-electron chi connectivity index (χ1n) is 8.62. The predicted molar refractivity (Wildman–Crippen MR) is 109 cm³/mol. The molecule has 3 rings (SSSR count). The second-order valence-corrected chi connectivity index (χ2v) is 5.84. The van der Waals surface area contributed by atoms with Crippen molar-refractivity contribution >= 4 is 28.9 Å². The van der Waals surface area contributed by atoms with E-state index in [-0.39, 0.29) is 11.6 Å². The minimum atomic E-state index is -0.645. The first-order chi connectivity index (χ1) is 14.5. The zero-order valence-electron chi connectivity index (χ0n) is 16.1. The van der Waals surface area contributed by atoms with E-state index in [1.807, 2.05) is 0 Å². The van der Waals surface area contributed by atoms with Crippen LogP contribution in [0.25, 0.3) is 0 Å². The van der Waals surface area contributed by atoms with Crippen LogP contribution in [0.4, 0.5) is 23.0 Å². The molecule has 0 bridgehead atoms. The van der Waals surface area contributed by atoms with E-state index in [4.69, 9.17) is 9.47 Å². The number of benzene rings is 2. The second-order valence-electron chi connectivity index (χ2n) is 5.84. The van der Waals surface area contributed by atoms with Gasteiger partial charge in [0.1, 0.15) is 17.8 Å². The highest BCUT2D eigenvalue weighted by Gasteiger charge is 2.23. The van der Waals surface area contributed by atoms with Gasteiger partial charge in [-0.25, -0.2) is 9.97 Å². The van der Waals surface area contributed by atoms with Crippen LogP contribution < -0.4 is 25.6 Å². The maximum absolute atomic E-state index is 12.3. The van der Waals surface area contributed by atoms with Crippen LogP contribution in [-0.4, -0.2) is 35.0 Å². The normalized spacial score (nSPS) is 10.1. The van der Waals surface area contributed by atoms with Gasteiger partial charge in [-0.3, -0.25) is 25.8 Å². The van der Waals surface area contributed by atoms with Crippen molar-refractivity contribution in [1.29, 1.82) is 0 Å². The Balaban J connectivity index is 1.77. The Morgan fingerprint density at radius 3 is 2.07 bits per heavy atom. The van der Waals surface area contributed by atoms with E-state index in [0.29, 0.717) is 22.7 Å². The van der Waals surface area contributed by atoms with Gasteiger partial charge in [-0.15, -0.1) is 0 Å². The number of amides is 1. The molecule has 0 saturated carbocycles. The van der Waals surface area contributed by atoms with Crippen molar-refractivity contribution < 1.29 is 19.2 Å². The fourth-order valence-corrected chi connectivity index (χ4v) is 2.48. The van der Waals surface area contributed by atoms with Gasteiger partial charge in [0.2, 0.25) is 11.6 Å². The number of aromatic nitrogens is 2. The third-order valence-electron chi connectivity index (χ3n) is 4.00. The number of nitro groups is 1. The molecule has 0 spiro atoms. The molecular weight excluding hydrogens is 392 g/mol. The van der Waals surface area contributed by atoms with Gasteiger partial charge < -0.3 is 14.8 Å². The Kier molecular flexibility index (Phi) is 6.23. The third-order valence-corrected chi connectivity index (χ3v) is 4.00. The van der Waals surface area contributed by atoms with Crippen molar-refractivity contribution in [1.82, 2.24) is 15.4 Å². The van der Waals surface area contributed by atoms with E-state index in [1.165, 1.54) is 14.2 Å². The van der Waals surface area contributed by atoms with Gasteiger partial charge in [-0.2, -0.15) is 0 Å². The molecule has 1 heterocycles. The van der Waals surface area contributed by atoms with E-state index < -0.39 is 16.5 Å². The fraction of sp³-hybridized carbons (Fsp3) is 0.105. The average Bonchev–Trinajstić information content (AvgIpc) is 2.78. The number of nitrogens with one attached hydrogen (secondary N) is 3. The Hall–Kier alpha value is -4.41. The summed E-state index contributed by atoms with van der Waals surface area (Å²) in [4.78, 5) is 31.1. The van der Waals surface area contributed by atoms with E-state index >= 15 is 0 Å². The Bertz CT molecular complexity index is 1040. The first-order valence-corrected chi connectivity index (χ1v) is 8.62. The standard InChI is InChI=1S/C19H18N6O5/c1-29-14-7-3-12(4-8-14)19(26)24-23-18-16(25(27)28)17(20-11-21-18)22-13-5-9-15(30-2)10-6-13/h3-11H,1-2H3,(H,24,26)(H2,20,21,22,23). The Morgan fingerprint density at radius 2 is 1.50 bits per heavy atom. The summed E-state index contributed by atoms with van der Waals surface area (Å²) in [6.45, 7) is 0. The summed E-state index contributed by atoms with van der Waals surface area (Å²) >= 11 is 0. The van der Waals surface area contributed by atoms with E-state index in [2.05, 4.69) is 26.1 Å². The summed E-state index contributed by atoms with van der Waals surface area (Å²) in [5.74, 6) is 0.519. The zero-order valence-corrected chi connectivity index (χ0v) is 16.1. The molecule has 154 valence electrons. The second kappa shape index (κ2) is 9.19. The molecule has 11 nitrogen and oxygen atoms in total. The lowest BCUT2D eigenvalue weighted by Gasteiger charge is -2.11. The number of hydrogen-bond donors (Lipinski definition) is 3. The fourth-order valence-electron chi connectivity index (χ4n) is 2.48. The van der Waals surface area contributed by atoms with E-state index in [9.17, 15) is 14.9 Å². The van der Waals surface area contributed by atoms with Crippen LogP contribution in [0.1, 0.15) is 10.4 Å². The highest BCUT2D eigenvalue weighted by molar-refractivity contribution is 5.95. The van der Waals surface area contributed by atoms with E-state index in [0.717, 1.165) is 6.33 Å². The number of hydrazine groups is 1. The molecular formula is C19H18N6O5. The van der Waals surface area contributed by atoms with E-state index in [1.54, 1.807) is 48.5 Å². The van der Waals surface area contributed by atoms with Gasteiger partial charge in [0, 0.05) is 11.3 Å². The van der Waals surface area contributed by atoms with Crippen LogP contribution in [0.3, 0.4) is 0 Å². The minimum absolute atomic E-state index is 0.0404. The third kappa shape index (κ3) is 4.70. The molecule has 0 fully saturated rings. The first kappa shape index (κ1) is 20.3. The van der Waals surface area contributed by atoms with Crippen molar-refractivity contribution in [2.75, 3.05) is 25.0 Å². The summed E-state index contributed by atoms with van der Waals surface area (Å²) < 4.78 is 10.1. The average molecular weight is 410 g/mol. The van der Waals surface area contributed by atoms with Crippen LogP contribution in [-0.2, 0) is 0 Å². The minimum Gasteiger partial charge on any atom is -0.497 e. The van der Waals surface area contributed by atoms with Crippen LogP contribution in [0.5, 0.6) is 11.5 Å². The quantitative estimate of drug-likeness (QED) is 0.377. The van der Waals surface area contributed by atoms with Crippen molar-refractivity contribution in [3.63, 3.8) is 0 Å². The lowest BCUT2D eigenvalue weighted by atomic mass is 10.2. The Morgan fingerprint density at radius 1 is 0.933 bits per heavy atom. The molecule has 0 aliphatic heterocycles. The van der Waals surface area contributed by atoms with Crippen molar-refractivity contribution in [3.8, 4) is 11.5 Å². The lowest BCUT2D eigenvalue weighted by Crippen LogP contribution is -2.30. The van der Waals surface area contributed by atoms with Crippen LogP contribution >= 0.6 is 0 Å². The van der Waals surface area contributed by atoms with Gasteiger partial charge in [0.25, 0.3) is 5.91 Å². The molecule has 0 saturated heterocycles. The molecule has 11 heteroatoms. The molecule has 0 aliphatic rings. The van der Waals surface area contributed by atoms with Crippen molar-refractivity contribution in [2.24, 2.45) is 0 Å². The molecule has 0 radical (unpaired) electrons. The lowest BCUT2D eigenvalue weighted by molar-refractivity contribution is -0.383. The van der Waals surface area contributed by atoms with Gasteiger partial charge in [0.15, 0.2) is 0 Å². The number of methoxy groups -OCH3 is 2. The smallest absolute Gasteiger partial charge is 0.355 e. The SMILES string of the molecule is COc1ccc(Nc2ncnc(NNC(=O)c3ccc(OC)cc3)c2[N+](=O)[O-])cc1. The summed E-state index contributed by atoms with van der Waals surface area (Å²) in [6.07, 6.45) is 1.14. The predicted octanol–water partition coefficient (Wildman–Crippen LogP) is 2.90. The summed E-state index contributed by atoms with van der Waals surface area (Å²) in [5.41, 5.74) is 5.33. The van der Waals surface area contributed by atoms with Gasteiger partial charge in [-0.1, -0.05) is 0 Å². The molecule has 0 aliphatic carbocycles. The summed E-state index contributed by atoms with van der Waals surface area (Å²) in [6, 6.07) is 13.1. The topological polar surface area (TPSA) is 141 Å². The highest BCUT2D eigenvalue weighted by atomic mass is 16.6. The highest BCUT2D eigenvalue weighted by Crippen LogP contribution is 2.31. The number of carbonyl (C=O) groups excluding carboxylic acids is 1. The Labute approximate surface area is 171 Å². The van der Waals surface area contributed by atoms with Gasteiger partial charge in [-0.05, 0) is 48.5 Å². The number of ether oxygens (including phenoxy) is 2. The van der Waals surface area contributed by atoms with Gasteiger partial charge >= 0.3 is 5.69 Å². The number of carbonyl (C=O) groups is 1. The molecule has 0 atom stereocenters. The molecule has 1 amide bonds. The molecule has 0 unspecified atom stereocenters. The molecule has 3 aromatic rings. The van der Waals surface area contributed by atoms with Crippen molar-refractivity contribution in [2.45, 2.75) is 0 Å². The maximum Gasteiger partial charge on any atom is 0.355 e. The molecule has 2 aromatic carbocycles. The number of anilines is 3. The van der Waals surface area contributed by atoms with Crippen LogP contribution in [0.15, 0.2) is 54.9 Å². The zero-order chi connectivity index (χ0) is 21.5. The number of rotatable bonds is 8. The summed E-state index contributed by atoms with van der Waals surface area (Å²) in [7, 11) is 3.05. The van der Waals surface area contributed by atoms with Crippen LogP contribution in [0, 0.1) is 10.1 Å². The summed E-state index contributed by atoms with van der Waals surface area (Å²) in [5, 5.41) is 14.5. The van der Waals surface area contributed by atoms with Crippen molar-refractivity contribution in [3.05, 3.63) is 70.5 Å². The monoisotopic (exact) mass is 410 g/mol. The van der Waals surface area contributed by atoms with Gasteiger partial charge in [0.05, 0.1) is 19.1 Å². The molecule has 3 N–H and O–H groups in total. The largest absolute Gasteiger partial charge is 0.497 e. The maximum atomic E-state index is 12.3.